The number of likely N-dealkylation sites (tertiary alicyclic amines) is 1. The van der Waals surface area contributed by atoms with E-state index in [0.29, 0.717) is 18.5 Å². The van der Waals surface area contributed by atoms with E-state index < -0.39 is 0 Å². The molecule has 2 aliphatic heterocycles. The maximum atomic E-state index is 6.16. The van der Waals surface area contributed by atoms with E-state index in [1.807, 2.05) is 0 Å². The molecule has 3 rings (SSSR count). The first-order chi connectivity index (χ1) is 13.7. The zero-order valence-corrected chi connectivity index (χ0v) is 17.7. The lowest BCUT2D eigenvalue weighted by atomic mass is 10.1. The summed E-state index contributed by atoms with van der Waals surface area (Å²) in [5.41, 5.74) is 8.81. The Bertz CT molecular complexity index is 623. The summed E-state index contributed by atoms with van der Waals surface area (Å²) in [5, 5.41) is 3.34. The summed E-state index contributed by atoms with van der Waals surface area (Å²) in [4.78, 5) is 12.2. The fourth-order valence-electron chi connectivity index (χ4n) is 4.36. The lowest BCUT2D eigenvalue weighted by Gasteiger charge is -2.34. The SMILES string of the molecule is CCN1CCN(Cc2ccccc2CN=C(N)NCC2CCCN2CC)CC1. The van der Waals surface area contributed by atoms with Crippen LogP contribution in [0.4, 0.5) is 0 Å². The van der Waals surface area contributed by atoms with Crippen LogP contribution in [0.3, 0.4) is 0 Å². The molecule has 2 fully saturated rings. The second-order valence-corrected chi connectivity index (χ2v) is 7.99. The van der Waals surface area contributed by atoms with Crippen LogP contribution in [-0.4, -0.2) is 79.1 Å². The van der Waals surface area contributed by atoms with E-state index in [1.54, 1.807) is 0 Å². The Morgan fingerprint density at radius 2 is 1.75 bits per heavy atom. The van der Waals surface area contributed by atoms with Crippen molar-refractivity contribution in [3.05, 3.63) is 35.4 Å². The molecule has 1 atom stereocenters. The van der Waals surface area contributed by atoms with Gasteiger partial charge in [0.2, 0.25) is 0 Å². The fraction of sp³-hybridized carbons (Fsp3) is 0.682. The number of nitrogens with two attached hydrogens (primary N) is 1. The molecule has 1 unspecified atom stereocenters. The van der Waals surface area contributed by atoms with E-state index in [9.17, 15) is 0 Å². The molecular formula is C22H38N6. The minimum atomic E-state index is 0.564. The molecule has 156 valence electrons. The molecule has 0 aliphatic carbocycles. The Morgan fingerprint density at radius 3 is 2.46 bits per heavy atom. The summed E-state index contributed by atoms with van der Waals surface area (Å²) in [5.74, 6) is 0.564. The van der Waals surface area contributed by atoms with Gasteiger partial charge < -0.3 is 16.0 Å². The highest BCUT2D eigenvalue weighted by Crippen LogP contribution is 2.16. The number of benzene rings is 1. The quantitative estimate of drug-likeness (QED) is 0.526. The van der Waals surface area contributed by atoms with Crippen molar-refractivity contribution in [3.63, 3.8) is 0 Å². The third-order valence-electron chi connectivity index (χ3n) is 6.27. The van der Waals surface area contributed by atoms with Crippen molar-refractivity contribution in [2.75, 3.05) is 52.4 Å². The first-order valence-corrected chi connectivity index (χ1v) is 11.0. The minimum absolute atomic E-state index is 0.564. The Labute approximate surface area is 170 Å². The molecule has 0 amide bonds. The van der Waals surface area contributed by atoms with Crippen LogP contribution in [0.1, 0.15) is 37.8 Å². The molecule has 3 N–H and O–H groups in total. The monoisotopic (exact) mass is 386 g/mol. The number of guanidine groups is 1. The summed E-state index contributed by atoms with van der Waals surface area (Å²) in [6.45, 7) is 15.1. The molecule has 0 bridgehead atoms. The van der Waals surface area contributed by atoms with Crippen LogP contribution in [-0.2, 0) is 13.1 Å². The zero-order chi connectivity index (χ0) is 19.8. The van der Waals surface area contributed by atoms with Gasteiger partial charge in [-0.2, -0.15) is 0 Å². The smallest absolute Gasteiger partial charge is 0.188 e. The van der Waals surface area contributed by atoms with E-state index >= 15 is 0 Å². The van der Waals surface area contributed by atoms with Gasteiger partial charge in [0.1, 0.15) is 0 Å². The van der Waals surface area contributed by atoms with E-state index in [4.69, 9.17) is 5.73 Å². The topological polar surface area (TPSA) is 60.1 Å². The van der Waals surface area contributed by atoms with Crippen molar-refractivity contribution in [2.24, 2.45) is 10.7 Å². The highest BCUT2D eigenvalue weighted by molar-refractivity contribution is 5.77. The molecule has 2 aliphatic rings. The third kappa shape index (κ3) is 5.93. The van der Waals surface area contributed by atoms with Gasteiger partial charge >= 0.3 is 0 Å². The number of piperazine rings is 1. The minimum Gasteiger partial charge on any atom is -0.370 e. The molecule has 1 aromatic carbocycles. The van der Waals surface area contributed by atoms with Crippen LogP contribution < -0.4 is 11.1 Å². The Morgan fingerprint density at radius 1 is 1.04 bits per heavy atom. The van der Waals surface area contributed by atoms with Gasteiger partial charge in [-0.15, -0.1) is 0 Å². The van der Waals surface area contributed by atoms with Gasteiger partial charge in [0, 0.05) is 45.3 Å². The molecule has 0 spiro atoms. The molecule has 0 saturated carbocycles. The third-order valence-corrected chi connectivity index (χ3v) is 6.27. The van der Waals surface area contributed by atoms with Gasteiger partial charge in [-0.25, -0.2) is 4.99 Å². The van der Waals surface area contributed by atoms with Crippen molar-refractivity contribution in [3.8, 4) is 0 Å². The van der Waals surface area contributed by atoms with Gasteiger partial charge in [0.25, 0.3) is 0 Å². The van der Waals surface area contributed by atoms with E-state index in [2.05, 4.69) is 63.1 Å². The van der Waals surface area contributed by atoms with Crippen molar-refractivity contribution in [1.82, 2.24) is 20.0 Å². The van der Waals surface area contributed by atoms with Crippen LogP contribution in [0.2, 0.25) is 0 Å². The van der Waals surface area contributed by atoms with E-state index in [0.717, 1.165) is 39.3 Å². The number of nitrogens with zero attached hydrogens (tertiary/aromatic N) is 4. The van der Waals surface area contributed by atoms with Gasteiger partial charge in [0.05, 0.1) is 6.54 Å². The Kier molecular flexibility index (Phi) is 8.13. The zero-order valence-electron chi connectivity index (χ0n) is 17.7. The van der Waals surface area contributed by atoms with Gasteiger partial charge in [-0.3, -0.25) is 9.80 Å². The summed E-state index contributed by atoms with van der Waals surface area (Å²) in [7, 11) is 0. The molecule has 28 heavy (non-hydrogen) atoms. The molecule has 6 heteroatoms. The second-order valence-electron chi connectivity index (χ2n) is 7.99. The van der Waals surface area contributed by atoms with Crippen LogP contribution in [0.25, 0.3) is 0 Å². The van der Waals surface area contributed by atoms with Gasteiger partial charge in [-0.05, 0) is 43.6 Å². The average molecular weight is 387 g/mol. The molecule has 2 heterocycles. The van der Waals surface area contributed by atoms with Crippen LogP contribution >= 0.6 is 0 Å². The molecule has 0 radical (unpaired) electrons. The summed E-state index contributed by atoms with van der Waals surface area (Å²) >= 11 is 0. The summed E-state index contributed by atoms with van der Waals surface area (Å²) < 4.78 is 0. The lowest BCUT2D eigenvalue weighted by molar-refractivity contribution is 0.131. The second kappa shape index (κ2) is 10.8. The number of aliphatic imine (C=N–C) groups is 1. The van der Waals surface area contributed by atoms with Gasteiger partial charge in [0.15, 0.2) is 5.96 Å². The van der Waals surface area contributed by atoms with E-state index in [-0.39, 0.29) is 0 Å². The maximum absolute atomic E-state index is 6.16. The summed E-state index contributed by atoms with van der Waals surface area (Å²) in [6.07, 6.45) is 2.54. The Balaban J connectivity index is 1.50. The predicted octanol–water partition coefficient (Wildman–Crippen LogP) is 1.71. The highest BCUT2D eigenvalue weighted by atomic mass is 15.3. The number of hydrogen-bond donors (Lipinski definition) is 2. The number of nitrogens with one attached hydrogen (secondary N) is 1. The largest absolute Gasteiger partial charge is 0.370 e. The van der Waals surface area contributed by atoms with Crippen molar-refractivity contribution >= 4 is 5.96 Å². The molecule has 2 saturated heterocycles. The van der Waals surface area contributed by atoms with Crippen LogP contribution in [0, 0.1) is 0 Å². The number of rotatable bonds is 8. The first-order valence-electron chi connectivity index (χ1n) is 11.0. The van der Waals surface area contributed by atoms with E-state index in [1.165, 1.54) is 43.6 Å². The number of likely N-dealkylation sites (N-methyl/N-ethyl adjacent to an activating group) is 2. The van der Waals surface area contributed by atoms with Crippen molar-refractivity contribution in [2.45, 2.75) is 45.8 Å². The highest BCUT2D eigenvalue weighted by Gasteiger charge is 2.22. The molecule has 0 aromatic heterocycles. The lowest BCUT2D eigenvalue weighted by Crippen LogP contribution is -2.45. The predicted molar refractivity (Wildman–Crippen MR) is 117 cm³/mol. The fourth-order valence-corrected chi connectivity index (χ4v) is 4.36. The van der Waals surface area contributed by atoms with Gasteiger partial charge in [-0.1, -0.05) is 38.1 Å². The Hall–Kier alpha value is -1.63. The molecule has 6 nitrogen and oxygen atoms in total. The normalized spacial score (nSPS) is 22.6. The van der Waals surface area contributed by atoms with Crippen molar-refractivity contribution in [1.29, 1.82) is 0 Å². The average Bonchev–Trinajstić information content (AvgIpc) is 3.20. The van der Waals surface area contributed by atoms with Crippen LogP contribution in [0.15, 0.2) is 29.3 Å². The number of hydrogen-bond acceptors (Lipinski definition) is 4. The maximum Gasteiger partial charge on any atom is 0.188 e. The standard InChI is InChI=1S/C22H38N6/c1-3-26-12-14-27(15-13-26)18-20-9-6-5-8-19(20)16-24-22(23)25-17-21-10-7-11-28(21)4-2/h5-6,8-9,21H,3-4,7,10-18H2,1-2H3,(H3,23,24,25). The van der Waals surface area contributed by atoms with Crippen LogP contribution in [0.5, 0.6) is 0 Å². The first kappa shape index (κ1) is 21.1. The molecular weight excluding hydrogens is 348 g/mol. The molecule has 1 aromatic rings. The summed E-state index contributed by atoms with van der Waals surface area (Å²) in [6, 6.07) is 9.24. The van der Waals surface area contributed by atoms with Crippen molar-refractivity contribution < 1.29 is 0 Å².